The Bertz CT molecular complexity index is 427. The summed E-state index contributed by atoms with van der Waals surface area (Å²) in [6.07, 6.45) is 22.5. The average molecular weight is 443 g/mol. The van der Waals surface area contributed by atoms with E-state index in [1.165, 1.54) is 89.9 Å². The van der Waals surface area contributed by atoms with E-state index in [4.69, 9.17) is 10.8 Å². The lowest BCUT2D eigenvalue weighted by Gasteiger charge is -2.31. The largest absolute Gasteiger partial charge is 0.480 e. The molecule has 3 N–H and O–H groups in total. The molecule has 0 fully saturated rings. The number of carbonyl (C=O) groups is 2. The highest BCUT2D eigenvalue weighted by Crippen LogP contribution is 2.18. The van der Waals surface area contributed by atoms with Crippen LogP contribution >= 0.6 is 0 Å². The van der Waals surface area contributed by atoms with Gasteiger partial charge in [0.2, 0.25) is 5.91 Å². The van der Waals surface area contributed by atoms with Crippen molar-refractivity contribution in [3.63, 3.8) is 0 Å². The van der Waals surface area contributed by atoms with Crippen LogP contribution in [-0.2, 0) is 9.59 Å². The van der Waals surface area contributed by atoms with Gasteiger partial charge in [0, 0.05) is 6.42 Å². The lowest BCUT2D eigenvalue weighted by molar-refractivity contribution is -0.149. The number of nitrogens with zero attached hydrogens (tertiary/aromatic N) is 1. The van der Waals surface area contributed by atoms with Crippen molar-refractivity contribution in [2.24, 2.45) is 5.73 Å². The molecule has 0 radical (unpaired) electrons. The molecule has 0 bridgehead atoms. The number of carboxylic acids is 1. The Labute approximate surface area is 193 Å². The summed E-state index contributed by atoms with van der Waals surface area (Å²) >= 11 is 0. The maximum absolute atomic E-state index is 10.8. The van der Waals surface area contributed by atoms with Gasteiger partial charge >= 0.3 is 5.97 Å². The van der Waals surface area contributed by atoms with Crippen LogP contribution in [0.5, 0.6) is 0 Å². The van der Waals surface area contributed by atoms with Gasteiger partial charge < -0.3 is 10.8 Å². The van der Waals surface area contributed by atoms with Crippen LogP contribution in [0.15, 0.2) is 0 Å². The summed E-state index contributed by atoms with van der Waals surface area (Å²) in [5.41, 5.74) is 4.41. The van der Waals surface area contributed by atoms with Gasteiger partial charge in [0.25, 0.3) is 0 Å². The molecule has 1 atom stereocenters. The fourth-order valence-electron chi connectivity index (χ4n) is 3.68. The van der Waals surface area contributed by atoms with Gasteiger partial charge in [-0.3, -0.25) is 14.5 Å². The molecule has 0 aliphatic heterocycles. The molecule has 0 aromatic carbocycles. The highest BCUT2D eigenvalue weighted by atomic mass is 16.4. The molecule has 0 saturated carbocycles. The van der Waals surface area contributed by atoms with E-state index in [1.54, 1.807) is 25.9 Å². The van der Waals surface area contributed by atoms with Gasteiger partial charge in [-0.25, -0.2) is 0 Å². The summed E-state index contributed by atoms with van der Waals surface area (Å²) in [6.45, 7) is 6.02. The molecule has 0 aliphatic carbocycles. The van der Waals surface area contributed by atoms with E-state index in [-0.39, 0.29) is 5.91 Å². The Hall–Kier alpha value is -1.10. The first-order valence-corrected chi connectivity index (χ1v) is 12.9. The highest BCUT2D eigenvalue weighted by molar-refractivity contribution is 5.78. The first-order valence-electron chi connectivity index (χ1n) is 12.9. The van der Waals surface area contributed by atoms with Crippen LogP contribution < -0.4 is 5.73 Å². The summed E-state index contributed by atoms with van der Waals surface area (Å²) in [6, 6.07) is 0. The van der Waals surface area contributed by atoms with E-state index in [1.807, 2.05) is 6.92 Å². The molecule has 1 unspecified atom stereocenters. The lowest BCUT2D eigenvalue weighted by atomic mass is 9.95. The third-order valence-electron chi connectivity index (χ3n) is 6.21. The van der Waals surface area contributed by atoms with Gasteiger partial charge in [0.05, 0.1) is 0 Å². The third kappa shape index (κ3) is 20.6. The zero-order valence-electron chi connectivity index (χ0n) is 21.5. The van der Waals surface area contributed by atoms with Crippen LogP contribution in [0.3, 0.4) is 0 Å². The Balaban J connectivity index is 0. The molecule has 1 amide bonds. The van der Waals surface area contributed by atoms with Crippen LogP contribution in [0, 0.1) is 0 Å². The Morgan fingerprint density at radius 2 is 1.06 bits per heavy atom. The SMILES string of the molecule is CCCC(C)(C(=O)O)N(C)C.CCCCCCCCCCCCCCCCCC(N)=O. The maximum Gasteiger partial charge on any atom is 0.323 e. The van der Waals surface area contributed by atoms with Gasteiger partial charge in [-0.1, -0.05) is 110 Å². The fourth-order valence-corrected chi connectivity index (χ4v) is 3.68. The minimum absolute atomic E-state index is 0.153. The molecular weight excluding hydrogens is 388 g/mol. The van der Waals surface area contributed by atoms with Gasteiger partial charge in [0.1, 0.15) is 5.54 Å². The second-order valence-corrected chi connectivity index (χ2v) is 9.39. The molecular formula is C26H54N2O3. The zero-order chi connectivity index (χ0) is 24.0. The smallest absolute Gasteiger partial charge is 0.323 e. The fraction of sp³-hybridized carbons (Fsp3) is 0.923. The monoisotopic (exact) mass is 442 g/mol. The number of amides is 1. The van der Waals surface area contributed by atoms with E-state index in [0.717, 1.165) is 12.8 Å². The number of likely N-dealkylation sites (N-methyl/N-ethyl adjacent to an activating group) is 1. The summed E-state index contributed by atoms with van der Waals surface area (Å²) in [5.74, 6) is -0.899. The number of unbranched alkanes of at least 4 members (excludes halogenated alkanes) is 14. The minimum atomic E-state index is -0.746. The summed E-state index contributed by atoms with van der Waals surface area (Å²) < 4.78 is 0. The number of aliphatic carboxylic acids is 1. The van der Waals surface area contributed by atoms with Crippen molar-refractivity contribution >= 4 is 11.9 Å². The summed E-state index contributed by atoms with van der Waals surface area (Å²) in [4.78, 5) is 23.1. The van der Waals surface area contributed by atoms with E-state index >= 15 is 0 Å². The molecule has 0 rings (SSSR count). The van der Waals surface area contributed by atoms with Crippen molar-refractivity contribution in [3.8, 4) is 0 Å². The van der Waals surface area contributed by atoms with Crippen LogP contribution in [0.25, 0.3) is 0 Å². The average Bonchev–Trinajstić information content (AvgIpc) is 2.71. The third-order valence-corrected chi connectivity index (χ3v) is 6.21. The molecule has 0 saturated heterocycles. The van der Waals surface area contributed by atoms with Gasteiger partial charge in [-0.05, 0) is 33.9 Å². The molecule has 5 nitrogen and oxygen atoms in total. The number of hydrogen-bond donors (Lipinski definition) is 2. The number of primary amides is 1. The normalized spacial score (nSPS) is 12.8. The molecule has 186 valence electrons. The number of hydrogen-bond acceptors (Lipinski definition) is 3. The molecule has 0 aromatic rings. The summed E-state index contributed by atoms with van der Waals surface area (Å²) in [7, 11) is 3.59. The van der Waals surface area contributed by atoms with E-state index in [9.17, 15) is 9.59 Å². The number of carbonyl (C=O) groups excluding carboxylic acids is 1. The van der Waals surface area contributed by atoms with Crippen molar-refractivity contribution in [1.29, 1.82) is 0 Å². The van der Waals surface area contributed by atoms with Crippen LogP contribution in [-0.4, -0.2) is 41.5 Å². The molecule has 31 heavy (non-hydrogen) atoms. The van der Waals surface area contributed by atoms with Crippen molar-refractivity contribution in [2.75, 3.05) is 14.1 Å². The number of nitrogens with two attached hydrogens (primary N) is 1. The second kappa shape index (κ2) is 22.1. The van der Waals surface area contributed by atoms with Crippen molar-refractivity contribution in [1.82, 2.24) is 4.90 Å². The predicted molar refractivity (Wildman–Crippen MR) is 133 cm³/mol. The van der Waals surface area contributed by atoms with E-state index < -0.39 is 11.5 Å². The summed E-state index contributed by atoms with van der Waals surface area (Å²) in [5, 5.41) is 8.89. The van der Waals surface area contributed by atoms with Gasteiger partial charge in [0.15, 0.2) is 0 Å². The van der Waals surface area contributed by atoms with Gasteiger partial charge in [-0.2, -0.15) is 0 Å². The standard InChI is InChI=1S/C18H37NO.C8H17NO2/c1-2-3-4-5-6-7-8-9-10-11-12-13-14-15-16-17-18(19)20;1-5-6-8(2,7(10)11)9(3)4/h2-17H2,1H3,(H2,19,20);5-6H2,1-4H3,(H,10,11). The number of rotatable bonds is 20. The first kappa shape index (κ1) is 32.1. The molecule has 5 heteroatoms. The minimum Gasteiger partial charge on any atom is -0.480 e. The van der Waals surface area contributed by atoms with E-state index in [2.05, 4.69) is 6.92 Å². The molecule has 0 aromatic heterocycles. The quantitative estimate of drug-likeness (QED) is 0.200. The van der Waals surface area contributed by atoms with Crippen molar-refractivity contribution in [3.05, 3.63) is 0 Å². The predicted octanol–water partition coefficient (Wildman–Crippen LogP) is 6.92. The van der Waals surface area contributed by atoms with Gasteiger partial charge in [-0.15, -0.1) is 0 Å². The Kier molecular flexibility index (Phi) is 22.9. The second-order valence-electron chi connectivity index (χ2n) is 9.39. The van der Waals surface area contributed by atoms with Crippen LogP contribution in [0.4, 0.5) is 0 Å². The molecule has 0 spiro atoms. The van der Waals surface area contributed by atoms with Crippen LogP contribution in [0.1, 0.15) is 136 Å². The Morgan fingerprint density at radius 1 is 0.710 bits per heavy atom. The number of carboxylic acid groups (broad SMARTS) is 1. The first-order chi connectivity index (χ1) is 14.7. The molecule has 0 aliphatic rings. The van der Waals surface area contributed by atoms with Crippen molar-refractivity contribution in [2.45, 2.75) is 142 Å². The van der Waals surface area contributed by atoms with Crippen LogP contribution in [0.2, 0.25) is 0 Å². The lowest BCUT2D eigenvalue weighted by Crippen LogP contribution is -2.48. The maximum atomic E-state index is 10.8. The highest BCUT2D eigenvalue weighted by Gasteiger charge is 2.34. The Morgan fingerprint density at radius 3 is 1.29 bits per heavy atom. The molecule has 0 heterocycles. The topological polar surface area (TPSA) is 83.6 Å². The van der Waals surface area contributed by atoms with E-state index in [0.29, 0.717) is 12.8 Å². The zero-order valence-corrected chi connectivity index (χ0v) is 21.5. The van der Waals surface area contributed by atoms with Crippen molar-refractivity contribution < 1.29 is 14.7 Å².